The molecule has 2 atom stereocenters. The molecule has 9 nitrogen and oxygen atoms in total. The van der Waals surface area contributed by atoms with E-state index in [0.29, 0.717) is 23.9 Å². The highest BCUT2D eigenvalue weighted by molar-refractivity contribution is 5.70. The third kappa shape index (κ3) is 53.1. The summed E-state index contributed by atoms with van der Waals surface area (Å²) in [5.74, 6) is -2.35. The molecular formula is C62H99NO8. The number of quaternary nitrogens is 1. The van der Waals surface area contributed by atoms with Gasteiger partial charge in [-0.3, -0.25) is 9.59 Å². The Balaban J connectivity index is 4.41. The number of rotatable bonds is 48. The van der Waals surface area contributed by atoms with Crippen molar-refractivity contribution < 1.29 is 42.9 Å². The molecule has 71 heavy (non-hydrogen) atoms. The van der Waals surface area contributed by atoms with Gasteiger partial charge in [0.05, 0.1) is 40.3 Å². The Morgan fingerprint density at radius 1 is 0.423 bits per heavy atom. The molecule has 2 unspecified atom stereocenters. The Bertz CT molecular complexity index is 1620. The van der Waals surface area contributed by atoms with Gasteiger partial charge in [0.25, 0.3) is 0 Å². The quantitative estimate of drug-likeness (QED) is 0.0195. The molecule has 0 saturated carbocycles. The normalized spacial score (nSPS) is 13.9. The number of esters is 2. The number of carboxylic acids is 1. The first-order chi connectivity index (χ1) is 34.6. The number of nitrogens with zero attached hydrogens (tertiary/aromatic N) is 1. The second-order valence-corrected chi connectivity index (χ2v) is 18.8. The van der Waals surface area contributed by atoms with Crippen molar-refractivity contribution in [2.75, 3.05) is 47.5 Å². The summed E-state index contributed by atoms with van der Waals surface area (Å²) in [6.45, 7) is 4.45. The summed E-state index contributed by atoms with van der Waals surface area (Å²) in [6.07, 6.45) is 70.6. The summed E-state index contributed by atoms with van der Waals surface area (Å²) in [7, 11) is 5.89. The van der Waals surface area contributed by atoms with Crippen LogP contribution in [0.1, 0.15) is 181 Å². The average molecular weight is 986 g/mol. The molecule has 0 spiro atoms. The molecule has 0 heterocycles. The number of hydrogen-bond donors (Lipinski definition) is 0. The number of allylic oxidation sites excluding steroid dienone is 22. The Kier molecular flexibility index (Phi) is 48.4. The number of carboxylic acid groups (broad SMARTS) is 1. The summed E-state index contributed by atoms with van der Waals surface area (Å²) in [5, 5.41) is 11.8. The van der Waals surface area contributed by atoms with Crippen LogP contribution in [-0.4, -0.2) is 82.3 Å². The molecule has 0 fully saturated rings. The van der Waals surface area contributed by atoms with Gasteiger partial charge in [0.15, 0.2) is 12.4 Å². The van der Waals surface area contributed by atoms with E-state index in [1.807, 2.05) is 21.1 Å². The maximum atomic E-state index is 12.8. The van der Waals surface area contributed by atoms with Gasteiger partial charge in [-0.25, -0.2) is 0 Å². The van der Waals surface area contributed by atoms with Crippen LogP contribution in [0.4, 0.5) is 0 Å². The van der Waals surface area contributed by atoms with Gasteiger partial charge in [-0.05, 0) is 109 Å². The van der Waals surface area contributed by atoms with Gasteiger partial charge in [0.1, 0.15) is 13.2 Å². The van der Waals surface area contributed by atoms with E-state index in [2.05, 4.69) is 148 Å². The van der Waals surface area contributed by atoms with E-state index in [1.54, 1.807) is 0 Å². The molecule has 0 aliphatic rings. The van der Waals surface area contributed by atoms with E-state index in [-0.39, 0.29) is 38.6 Å². The van der Waals surface area contributed by atoms with Crippen molar-refractivity contribution in [1.29, 1.82) is 0 Å². The fraction of sp³-hybridized carbons (Fsp3) is 0.597. The zero-order valence-corrected chi connectivity index (χ0v) is 45.3. The van der Waals surface area contributed by atoms with Gasteiger partial charge in [-0.1, -0.05) is 192 Å². The van der Waals surface area contributed by atoms with E-state index < -0.39 is 24.3 Å². The monoisotopic (exact) mass is 986 g/mol. The minimum Gasteiger partial charge on any atom is -0.545 e. The summed E-state index contributed by atoms with van der Waals surface area (Å²) in [6, 6.07) is 0. The predicted molar refractivity (Wildman–Crippen MR) is 296 cm³/mol. The molecule has 0 aliphatic carbocycles. The lowest BCUT2D eigenvalue weighted by atomic mass is 10.1. The number of hydrogen-bond acceptors (Lipinski definition) is 8. The second-order valence-electron chi connectivity index (χ2n) is 18.8. The predicted octanol–water partition coefficient (Wildman–Crippen LogP) is 14.6. The lowest BCUT2D eigenvalue weighted by Crippen LogP contribution is -2.44. The van der Waals surface area contributed by atoms with Crippen LogP contribution in [0.15, 0.2) is 134 Å². The zero-order valence-electron chi connectivity index (χ0n) is 45.3. The van der Waals surface area contributed by atoms with Crippen LogP contribution < -0.4 is 5.11 Å². The molecular weight excluding hydrogens is 887 g/mol. The SMILES string of the molecule is CC/C=C\C/C=C\C/C=C\C/C=C\C/C=C\C/C=C\C/C=C\CCCCCCCC(=O)OC(COC(=O)CCCCCCCC/C=C\C/C=C\C/C=C\C/C=C\CC)COC(OCC[N+](C)(C)C)C(=O)[O-]. The molecule has 0 aromatic rings. The summed E-state index contributed by atoms with van der Waals surface area (Å²) in [5.41, 5.74) is 0. The van der Waals surface area contributed by atoms with Crippen molar-refractivity contribution in [3.8, 4) is 0 Å². The molecule has 0 bridgehead atoms. The van der Waals surface area contributed by atoms with Gasteiger partial charge in [0, 0.05) is 12.8 Å². The third-order valence-corrected chi connectivity index (χ3v) is 10.9. The number of carbonyl (C=O) groups is 3. The third-order valence-electron chi connectivity index (χ3n) is 10.9. The van der Waals surface area contributed by atoms with Gasteiger partial charge >= 0.3 is 11.9 Å². The van der Waals surface area contributed by atoms with Crippen LogP contribution in [0.2, 0.25) is 0 Å². The number of carbonyl (C=O) groups excluding carboxylic acids is 3. The highest BCUT2D eigenvalue weighted by Crippen LogP contribution is 2.13. The number of ether oxygens (including phenoxy) is 4. The van der Waals surface area contributed by atoms with Gasteiger partial charge in [-0.2, -0.15) is 0 Å². The van der Waals surface area contributed by atoms with Crippen LogP contribution >= 0.6 is 0 Å². The number of unbranched alkanes of at least 4 members (excludes halogenated alkanes) is 11. The Labute approximate surface area is 433 Å². The molecule has 0 rings (SSSR count). The smallest absolute Gasteiger partial charge is 0.306 e. The van der Waals surface area contributed by atoms with Gasteiger partial charge < -0.3 is 33.3 Å². The minimum atomic E-state index is -1.64. The van der Waals surface area contributed by atoms with Crippen molar-refractivity contribution in [3.05, 3.63) is 134 Å². The summed E-state index contributed by atoms with van der Waals surface area (Å²) >= 11 is 0. The van der Waals surface area contributed by atoms with Crippen LogP contribution in [0.3, 0.4) is 0 Å². The average Bonchev–Trinajstić information content (AvgIpc) is 3.34. The molecule has 0 aromatic carbocycles. The molecule has 0 saturated heterocycles. The molecule has 0 aromatic heterocycles. The van der Waals surface area contributed by atoms with Crippen LogP contribution in [0, 0.1) is 0 Å². The molecule has 0 amide bonds. The maximum Gasteiger partial charge on any atom is 0.306 e. The Morgan fingerprint density at radius 2 is 0.761 bits per heavy atom. The van der Waals surface area contributed by atoms with E-state index in [4.69, 9.17) is 18.9 Å². The topological polar surface area (TPSA) is 111 Å². The van der Waals surface area contributed by atoms with Crippen molar-refractivity contribution in [2.24, 2.45) is 0 Å². The summed E-state index contributed by atoms with van der Waals surface area (Å²) in [4.78, 5) is 37.2. The number of aliphatic carboxylic acids is 1. The molecule has 400 valence electrons. The van der Waals surface area contributed by atoms with Crippen molar-refractivity contribution in [1.82, 2.24) is 0 Å². The van der Waals surface area contributed by atoms with E-state index in [9.17, 15) is 19.5 Å². The molecule has 0 aliphatic heterocycles. The standard InChI is InChI=1S/C62H99NO8/c1-6-8-10-12-14-16-18-20-22-24-26-27-28-29-30-31-32-33-35-37-39-41-43-45-47-49-51-53-60(65)71-58(57-70-62(61(66)67)68-55-54-63(3,4)5)56-69-59(64)52-50-48-46-44-42-40-38-36-34-25-23-21-19-17-15-13-11-9-7-2/h8-11,14-17,20-23,26-27,29-30,32-34,36-37,39,58,62H,6-7,12-13,18-19,24-25,28,31,35,38,40-57H2,1-5H3/b10-8-,11-9-,16-14-,17-15-,22-20-,23-21-,27-26-,30-29-,33-32-,36-34-,39-37-. The molecule has 9 heteroatoms. The number of likely N-dealkylation sites (N-methyl/N-ethyl adjacent to an activating group) is 1. The van der Waals surface area contributed by atoms with E-state index in [0.717, 1.165) is 141 Å². The fourth-order valence-electron chi connectivity index (χ4n) is 6.74. The lowest BCUT2D eigenvalue weighted by molar-refractivity contribution is -0.870. The van der Waals surface area contributed by atoms with Crippen molar-refractivity contribution in [3.63, 3.8) is 0 Å². The van der Waals surface area contributed by atoms with Crippen molar-refractivity contribution >= 4 is 17.9 Å². The van der Waals surface area contributed by atoms with Crippen molar-refractivity contribution in [2.45, 2.75) is 193 Å². The second kappa shape index (κ2) is 51.8. The Hall–Kier alpha value is -4.57. The van der Waals surface area contributed by atoms with Gasteiger partial charge in [0.2, 0.25) is 0 Å². The Morgan fingerprint density at radius 3 is 1.13 bits per heavy atom. The largest absolute Gasteiger partial charge is 0.545 e. The minimum absolute atomic E-state index is 0.132. The van der Waals surface area contributed by atoms with E-state index >= 15 is 0 Å². The highest BCUT2D eigenvalue weighted by atomic mass is 16.7. The van der Waals surface area contributed by atoms with Crippen LogP contribution in [-0.2, 0) is 33.3 Å². The molecule has 0 N–H and O–H groups in total. The zero-order chi connectivity index (χ0) is 52.0. The van der Waals surface area contributed by atoms with Crippen LogP contribution in [0.5, 0.6) is 0 Å². The maximum absolute atomic E-state index is 12.8. The van der Waals surface area contributed by atoms with Gasteiger partial charge in [-0.15, -0.1) is 0 Å². The fourth-order valence-corrected chi connectivity index (χ4v) is 6.74. The summed E-state index contributed by atoms with van der Waals surface area (Å²) < 4.78 is 22.6. The molecule has 0 radical (unpaired) electrons. The first-order valence-electron chi connectivity index (χ1n) is 27.3. The lowest BCUT2D eigenvalue weighted by Gasteiger charge is -2.26. The van der Waals surface area contributed by atoms with Crippen LogP contribution in [0.25, 0.3) is 0 Å². The van der Waals surface area contributed by atoms with E-state index in [1.165, 1.54) is 0 Å². The highest BCUT2D eigenvalue weighted by Gasteiger charge is 2.21. The first-order valence-corrected chi connectivity index (χ1v) is 27.3. The first kappa shape index (κ1) is 66.4.